The van der Waals surface area contributed by atoms with Gasteiger partial charge in [0.15, 0.2) is 0 Å². The summed E-state index contributed by atoms with van der Waals surface area (Å²) < 4.78 is 0. The Morgan fingerprint density at radius 3 is 2.59 bits per heavy atom. The molecule has 0 radical (unpaired) electrons. The summed E-state index contributed by atoms with van der Waals surface area (Å²) in [5.41, 5.74) is 2.95. The molecule has 0 spiro atoms. The molecule has 0 saturated carbocycles. The molecule has 0 aliphatic carbocycles. The number of aromatic nitrogens is 4. The predicted octanol–water partition coefficient (Wildman–Crippen LogP) is 3.53. The Morgan fingerprint density at radius 1 is 1.14 bits per heavy atom. The Hall–Kier alpha value is -2.87. The number of carbonyl (C=O) groups is 1. The molecule has 7 nitrogen and oxygen atoms in total. The van der Waals surface area contributed by atoms with Crippen LogP contribution in [0.5, 0.6) is 0 Å². The number of hydrogen-bond acceptors (Lipinski definition) is 7. The van der Waals surface area contributed by atoms with Gasteiger partial charge in [-0.1, -0.05) is 0 Å². The molecule has 0 atom stereocenters. The zero-order valence-corrected chi connectivity index (χ0v) is 17.5. The van der Waals surface area contributed by atoms with E-state index >= 15 is 0 Å². The SMILES string of the molecule is Cc1nc(CNC(=O)c2cnc(N3CCCCC3)nc2-c2ccncc2)sc1C. The number of carbonyl (C=O) groups excluding carboxylic acids is 1. The van der Waals surface area contributed by atoms with Gasteiger partial charge in [0.25, 0.3) is 5.91 Å². The van der Waals surface area contributed by atoms with Crippen molar-refractivity contribution < 1.29 is 4.79 Å². The summed E-state index contributed by atoms with van der Waals surface area (Å²) in [6, 6.07) is 3.74. The van der Waals surface area contributed by atoms with Crippen LogP contribution in [-0.4, -0.2) is 38.9 Å². The van der Waals surface area contributed by atoms with Crippen LogP contribution in [0.1, 0.15) is 45.2 Å². The van der Waals surface area contributed by atoms with Gasteiger partial charge >= 0.3 is 0 Å². The molecule has 3 aromatic heterocycles. The number of nitrogens with zero attached hydrogens (tertiary/aromatic N) is 5. The summed E-state index contributed by atoms with van der Waals surface area (Å²) in [5.74, 6) is 0.478. The molecule has 1 fully saturated rings. The lowest BCUT2D eigenvalue weighted by Crippen LogP contribution is -2.31. The van der Waals surface area contributed by atoms with Crippen molar-refractivity contribution >= 4 is 23.2 Å². The Labute approximate surface area is 174 Å². The van der Waals surface area contributed by atoms with E-state index in [1.165, 1.54) is 11.3 Å². The van der Waals surface area contributed by atoms with Gasteiger partial charge in [0.2, 0.25) is 5.95 Å². The van der Waals surface area contributed by atoms with Crippen molar-refractivity contribution in [3.63, 3.8) is 0 Å². The number of pyridine rings is 1. The first-order valence-corrected chi connectivity index (χ1v) is 10.7. The van der Waals surface area contributed by atoms with Crippen LogP contribution in [0.15, 0.2) is 30.7 Å². The second-order valence-corrected chi connectivity index (χ2v) is 8.44. The molecule has 4 heterocycles. The van der Waals surface area contributed by atoms with Gasteiger partial charge in [0, 0.05) is 42.1 Å². The van der Waals surface area contributed by atoms with Gasteiger partial charge in [0.1, 0.15) is 5.01 Å². The van der Waals surface area contributed by atoms with Gasteiger partial charge in [-0.15, -0.1) is 11.3 Å². The average molecular weight is 409 g/mol. The number of thiazole rings is 1. The first kappa shape index (κ1) is 19.4. The normalized spacial score (nSPS) is 14.1. The molecule has 8 heteroatoms. The molecular formula is C21H24N6OS. The number of hydrogen-bond donors (Lipinski definition) is 1. The van der Waals surface area contributed by atoms with E-state index in [9.17, 15) is 4.79 Å². The number of piperidine rings is 1. The standard InChI is InChI=1S/C21H24N6OS/c1-14-15(2)29-18(25-14)13-23-20(28)17-12-24-21(27-10-4-3-5-11-27)26-19(17)16-6-8-22-9-7-16/h6-9,12H,3-5,10-11,13H2,1-2H3,(H,23,28). The van der Waals surface area contributed by atoms with Crippen LogP contribution in [0, 0.1) is 13.8 Å². The minimum atomic E-state index is -0.201. The van der Waals surface area contributed by atoms with Crippen LogP contribution in [0.3, 0.4) is 0 Å². The molecule has 0 aromatic carbocycles. The molecule has 4 rings (SSSR count). The highest BCUT2D eigenvalue weighted by Gasteiger charge is 2.20. The molecule has 1 saturated heterocycles. The van der Waals surface area contributed by atoms with Crippen LogP contribution in [0.4, 0.5) is 5.95 Å². The highest BCUT2D eigenvalue weighted by molar-refractivity contribution is 7.11. The summed E-state index contributed by atoms with van der Waals surface area (Å²) in [6.45, 7) is 6.30. The third kappa shape index (κ3) is 4.42. The Kier molecular flexibility index (Phi) is 5.80. The first-order valence-electron chi connectivity index (χ1n) is 9.85. The molecule has 0 bridgehead atoms. The number of anilines is 1. The fourth-order valence-corrected chi connectivity index (χ4v) is 4.25. The maximum absolute atomic E-state index is 12.9. The minimum Gasteiger partial charge on any atom is -0.345 e. The van der Waals surface area contributed by atoms with Crippen molar-refractivity contribution in [1.29, 1.82) is 0 Å². The Morgan fingerprint density at radius 2 is 1.90 bits per heavy atom. The lowest BCUT2D eigenvalue weighted by molar-refractivity contribution is 0.0951. The Bertz CT molecular complexity index is 978. The second-order valence-electron chi connectivity index (χ2n) is 7.15. The molecule has 1 amide bonds. The molecule has 1 N–H and O–H groups in total. The predicted molar refractivity (Wildman–Crippen MR) is 114 cm³/mol. The van der Waals surface area contributed by atoms with Gasteiger partial charge in [-0.2, -0.15) is 0 Å². The van der Waals surface area contributed by atoms with Crippen molar-refractivity contribution in [3.05, 3.63) is 51.9 Å². The minimum absolute atomic E-state index is 0.201. The molecule has 0 unspecified atom stereocenters. The number of aryl methyl sites for hydroxylation is 2. The summed E-state index contributed by atoms with van der Waals surface area (Å²) in [4.78, 5) is 34.2. The van der Waals surface area contributed by atoms with E-state index in [1.807, 2.05) is 26.0 Å². The Balaban J connectivity index is 1.61. The van der Waals surface area contributed by atoms with Gasteiger partial charge in [0.05, 0.1) is 23.5 Å². The summed E-state index contributed by atoms with van der Waals surface area (Å²) in [5, 5.41) is 3.86. The lowest BCUT2D eigenvalue weighted by atomic mass is 10.1. The monoisotopic (exact) mass is 408 g/mol. The molecular weight excluding hydrogens is 384 g/mol. The molecule has 1 aliphatic rings. The van der Waals surface area contributed by atoms with Crippen molar-refractivity contribution in [3.8, 4) is 11.3 Å². The van der Waals surface area contributed by atoms with Crippen LogP contribution in [0.2, 0.25) is 0 Å². The van der Waals surface area contributed by atoms with Crippen LogP contribution in [-0.2, 0) is 6.54 Å². The zero-order valence-electron chi connectivity index (χ0n) is 16.7. The van der Waals surface area contributed by atoms with Gasteiger partial charge in [-0.25, -0.2) is 15.0 Å². The van der Waals surface area contributed by atoms with E-state index in [4.69, 9.17) is 4.98 Å². The van der Waals surface area contributed by atoms with E-state index < -0.39 is 0 Å². The average Bonchev–Trinajstić information content (AvgIpc) is 3.10. The molecule has 150 valence electrons. The van der Waals surface area contributed by atoms with Crippen LogP contribution < -0.4 is 10.2 Å². The fourth-order valence-electron chi connectivity index (χ4n) is 3.38. The molecule has 3 aromatic rings. The van der Waals surface area contributed by atoms with Gasteiger partial charge < -0.3 is 10.2 Å². The smallest absolute Gasteiger partial charge is 0.255 e. The summed E-state index contributed by atoms with van der Waals surface area (Å²) in [7, 11) is 0. The van der Waals surface area contributed by atoms with Crippen molar-refractivity contribution in [2.75, 3.05) is 18.0 Å². The van der Waals surface area contributed by atoms with E-state index in [2.05, 4.69) is 25.2 Å². The van der Waals surface area contributed by atoms with E-state index in [-0.39, 0.29) is 5.91 Å². The third-order valence-electron chi connectivity index (χ3n) is 5.09. The summed E-state index contributed by atoms with van der Waals surface area (Å²) >= 11 is 1.60. The second kappa shape index (κ2) is 8.65. The molecule has 1 aliphatic heterocycles. The zero-order chi connectivity index (χ0) is 20.2. The van der Waals surface area contributed by atoms with Crippen LogP contribution >= 0.6 is 11.3 Å². The van der Waals surface area contributed by atoms with Crippen molar-refractivity contribution in [2.45, 2.75) is 39.7 Å². The largest absolute Gasteiger partial charge is 0.345 e. The van der Waals surface area contributed by atoms with E-state index in [0.717, 1.165) is 42.2 Å². The van der Waals surface area contributed by atoms with Crippen molar-refractivity contribution in [2.24, 2.45) is 0 Å². The highest BCUT2D eigenvalue weighted by Crippen LogP contribution is 2.25. The summed E-state index contributed by atoms with van der Waals surface area (Å²) in [6.07, 6.45) is 8.58. The quantitative estimate of drug-likeness (QED) is 0.695. The van der Waals surface area contributed by atoms with Crippen LogP contribution in [0.25, 0.3) is 11.3 Å². The maximum atomic E-state index is 12.9. The van der Waals surface area contributed by atoms with E-state index in [0.29, 0.717) is 23.8 Å². The maximum Gasteiger partial charge on any atom is 0.255 e. The van der Waals surface area contributed by atoms with Crippen molar-refractivity contribution in [1.82, 2.24) is 25.3 Å². The third-order valence-corrected chi connectivity index (χ3v) is 6.16. The lowest BCUT2D eigenvalue weighted by Gasteiger charge is -2.27. The number of amides is 1. The number of rotatable bonds is 5. The number of nitrogens with one attached hydrogen (secondary N) is 1. The van der Waals surface area contributed by atoms with E-state index in [1.54, 1.807) is 29.9 Å². The topological polar surface area (TPSA) is 83.9 Å². The van der Waals surface area contributed by atoms with Gasteiger partial charge in [-0.3, -0.25) is 9.78 Å². The first-order chi connectivity index (χ1) is 14.1. The van der Waals surface area contributed by atoms with Gasteiger partial charge in [-0.05, 0) is 45.2 Å². The molecule has 29 heavy (non-hydrogen) atoms. The fraction of sp³-hybridized carbons (Fsp3) is 0.381. The highest BCUT2D eigenvalue weighted by atomic mass is 32.1.